The zero-order valence-corrected chi connectivity index (χ0v) is 10.5. The van der Waals surface area contributed by atoms with Gasteiger partial charge in [-0.3, -0.25) is 5.43 Å². The van der Waals surface area contributed by atoms with Gasteiger partial charge in [0.1, 0.15) is 11.6 Å². The third kappa shape index (κ3) is 3.71. The fraction of sp³-hybridized carbons (Fsp3) is 0.0714. The average molecular weight is 298 g/mol. The number of hydrogen-bond acceptors (Lipinski definition) is 3. The highest BCUT2D eigenvalue weighted by molar-refractivity contribution is 5.84. The Bertz CT molecular complexity index is 631. The van der Waals surface area contributed by atoms with E-state index in [0.717, 1.165) is 6.21 Å². The normalized spacial score (nSPS) is 11.8. The molecule has 0 atom stereocenters. The van der Waals surface area contributed by atoms with E-state index in [1.807, 2.05) is 0 Å². The monoisotopic (exact) mass is 298 g/mol. The molecule has 0 aromatic heterocycles. The number of alkyl halides is 3. The number of nitrogens with zero attached hydrogens (tertiary/aromatic N) is 1. The molecule has 0 radical (unpaired) electrons. The molecule has 2 aromatic carbocycles. The molecule has 0 spiro atoms. The van der Waals surface area contributed by atoms with Crippen LogP contribution in [-0.2, 0) is 6.18 Å². The zero-order valence-electron chi connectivity index (χ0n) is 10.5. The molecule has 3 nitrogen and oxygen atoms in total. The summed E-state index contributed by atoms with van der Waals surface area (Å²) >= 11 is 0. The maximum absolute atomic E-state index is 13.6. The van der Waals surface area contributed by atoms with Crippen molar-refractivity contribution in [2.45, 2.75) is 6.18 Å². The van der Waals surface area contributed by atoms with Gasteiger partial charge >= 0.3 is 6.18 Å². The summed E-state index contributed by atoms with van der Waals surface area (Å²) in [6.45, 7) is 0. The fourth-order valence-corrected chi connectivity index (χ4v) is 1.58. The Morgan fingerprint density at radius 3 is 2.33 bits per heavy atom. The fourth-order valence-electron chi connectivity index (χ4n) is 1.58. The first-order chi connectivity index (χ1) is 9.88. The Balaban J connectivity index is 2.21. The molecule has 0 bridgehead atoms. The lowest BCUT2D eigenvalue weighted by Crippen LogP contribution is -2.06. The third-order valence-electron chi connectivity index (χ3n) is 2.60. The van der Waals surface area contributed by atoms with Crippen molar-refractivity contribution >= 4 is 11.9 Å². The number of rotatable bonds is 3. The number of para-hydroxylation sites is 1. The van der Waals surface area contributed by atoms with Crippen LogP contribution in [0.4, 0.5) is 23.2 Å². The molecule has 0 fully saturated rings. The van der Waals surface area contributed by atoms with Gasteiger partial charge in [0, 0.05) is 0 Å². The summed E-state index contributed by atoms with van der Waals surface area (Å²) in [5.74, 6) is -2.04. The number of anilines is 1. The van der Waals surface area contributed by atoms with E-state index in [1.54, 1.807) is 30.3 Å². The first-order valence-electron chi connectivity index (χ1n) is 5.82. The lowest BCUT2D eigenvalue weighted by molar-refractivity contribution is -0.137. The second-order valence-corrected chi connectivity index (χ2v) is 4.12. The van der Waals surface area contributed by atoms with Gasteiger partial charge in [0.25, 0.3) is 0 Å². The van der Waals surface area contributed by atoms with Crippen molar-refractivity contribution in [1.82, 2.24) is 0 Å². The summed E-state index contributed by atoms with van der Waals surface area (Å²) < 4.78 is 50.9. The van der Waals surface area contributed by atoms with E-state index in [1.165, 1.54) is 0 Å². The molecular weight excluding hydrogens is 288 g/mol. The van der Waals surface area contributed by atoms with Crippen LogP contribution in [-0.4, -0.2) is 11.3 Å². The van der Waals surface area contributed by atoms with Gasteiger partial charge in [-0.05, 0) is 24.3 Å². The third-order valence-corrected chi connectivity index (χ3v) is 2.60. The second-order valence-electron chi connectivity index (χ2n) is 4.12. The molecule has 0 saturated carbocycles. The minimum Gasteiger partial charge on any atom is -0.507 e. The van der Waals surface area contributed by atoms with Crippen molar-refractivity contribution in [2.24, 2.45) is 5.10 Å². The van der Waals surface area contributed by atoms with Crippen LogP contribution in [0.1, 0.15) is 11.1 Å². The molecule has 7 heteroatoms. The zero-order chi connectivity index (χ0) is 15.5. The van der Waals surface area contributed by atoms with E-state index in [2.05, 4.69) is 10.5 Å². The Morgan fingerprint density at radius 1 is 1.10 bits per heavy atom. The lowest BCUT2D eigenvalue weighted by Gasteiger charge is -2.09. The van der Waals surface area contributed by atoms with Crippen molar-refractivity contribution < 1.29 is 22.7 Å². The van der Waals surface area contributed by atoms with E-state index in [-0.39, 0.29) is 0 Å². The SMILES string of the molecule is Oc1cc(C(F)(F)F)cc(F)c1C=NNc1ccccc1. The van der Waals surface area contributed by atoms with Crippen molar-refractivity contribution in [3.63, 3.8) is 0 Å². The smallest absolute Gasteiger partial charge is 0.416 e. The highest BCUT2D eigenvalue weighted by Gasteiger charge is 2.32. The molecule has 0 heterocycles. The molecule has 0 aliphatic heterocycles. The summed E-state index contributed by atoms with van der Waals surface area (Å²) in [4.78, 5) is 0. The van der Waals surface area contributed by atoms with E-state index in [9.17, 15) is 22.7 Å². The number of aromatic hydroxyl groups is 1. The molecule has 0 aliphatic rings. The number of halogens is 4. The van der Waals surface area contributed by atoms with Crippen LogP contribution in [0, 0.1) is 5.82 Å². The molecule has 110 valence electrons. The summed E-state index contributed by atoms with van der Waals surface area (Å²) in [7, 11) is 0. The van der Waals surface area contributed by atoms with Crippen molar-refractivity contribution in [1.29, 1.82) is 0 Å². The highest BCUT2D eigenvalue weighted by Crippen LogP contribution is 2.33. The summed E-state index contributed by atoms with van der Waals surface area (Å²) in [5, 5.41) is 13.1. The van der Waals surface area contributed by atoms with Crippen molar-refractivity contribution in [3.8, 4) is 5.75 Å². The minimum atomic E-state index is -4.73. The van der Waals surface area contributed by atoms with Crippen LogP contribution in [0.2, 0.25) is 0 Å². The maximum Gasteiger partial charge on any atom is 0.416 e. The Hall–Kier alpha value is -2.57. The van der Waals surface area contributed by atoms with Crippen LogP contribution in [0.25, 0.3) is 0 Å². The van der Waals surface area contributed by atoms with E-state index in [4.69, 9.17) is 0 Å². The van der Waals surface area contributed by atoms with Gasteiger partial charge in [0.05, 0.1) is 23.0 Å². The number of hydrogen-bond donors (Lipinski definition) is 2. The number of benzene rings is 2. The van der Waals surface area contributed by atoms with Gasteiger partial charge in [-0.25, -0.2) is 4.39 Å². The van der Waals surface area contributed by atoms with Gasteiger partial charge in [0.15, 0.2) is 0 Å². The molecular formula is C14H10F4N2O. The lowest BCUT2D eigenvalue weighted by atomic mass is 10.1. The summed E-state index contributed by atoms with van der Waals surface area (Å²) in [6, 6.07) is 9.43. The standard InChI is InChI=1S/C14H10F4N2O/c15-12-6-9(14(16,17)18)7-13(21)11(12)8-19-20-10-4-2-1-3-5-10/h1-8,20-21H. The van der Waals surface area contributed by atoms with Crippen LogP contribution >= 0.6 is 0 Å². The first-order valence-corrected chi connectivity index (χ1v) is 5.82. The van der Waals surface area contributed by atoms with E-state index in [0.29, 0.717) is 17.8 Å². The summed E-state index contributed by atoms with van der Waals surface area (Å²) in [5.41, 5.74) is 1.49. The topological polar surface area (TPSA) is 44.6 Å². The molecule has 21 heavy (non-hydrogen) atoms. The second kappa shape index (κ2) is 5.82. The maximum atomic E-state index is 13.6. The van der Waals surface area contributed by atoms with Gasteiger partial charge < -0.3 is 5.11 Å². The molecule has 2 aromatic rings. The van der Waals surface area contributed by atoms with Gasteiger partial charge in [-0.2, -0.15) is 18.3 Å². The predicted molar refractivity (Wildman–Crippen MR) is 70.7 cm³/mol. The van der Waals surface area contributed by atoms with Gasteiger partial charge in [-0.1, -0.05) is 18.2 Å². The number of nitrogens with one attached hydrogen (secondary N) is 1. The van der Waals surface area contributed by atoms with Crippen LogP contribution < -0.4 is 5.43 Å². The molecule has 0 amide bonds. The van der Waals surface area contributed by atoms with Gasteiger partial charge in [0.2, 0.25) is 0 Å². The van der Waals surface area contributed by atoms with E-state index >= 15 is 0 Å². The number of phenolic OH excluding ortho intramolecular Hbond substituents is 1. The van der Waals surface area contributed by atoms with Crippen molar-refractivity contribution in [3.05, 3.63) is 59.4 Å². The quantitative estimate of drug-likeness (QED) is 0.511. The number of phenols is 1. The molecule has 0 unspecified atom stereocenters. The Kier molecular flexibility index (Phi) is 4.11. The summed E-state index contributed by atoms with van der Waals surface area (Å²) in [6.07, 6.45) is -3.81. The predicted octanol–water partition coefficient (Wildman–Crippen LogP) is 4.00. The molecule has 2 rings (SSSR count). The molecule has 0 aliphatic carbocycles. The average Bonchev–Trinajstić information content (AvgIpc) is 2.42. The van der Waals surface area contributed by atoms with Crippen LogP contribution in [0.3, 0.4) is 0 Å². The van der Waals surface area contributed by atoms with Crippen LogP contribution in [0.15, 0.2) is 47.6 Å². The Labute approximate surface area is 117 Å². The largest absolute Gasteiger partial charge is 0.507 e. The molecule has 2 N–H and O–H groups in total. The van der Waals surface area contributed by atoms with Gasteiger partial charge in [-0.15, -0.1) is 0 Å². The molecule has 0 saturated heterocycles. The Morgan fingerprint density at radius 2 is 1.76 bits per heavy atom. The van der Waals surface area contributed by atoms with Crippen LogP contribution in [0.5, 0.6) is 5.75 Å². The number of hydrazone groups is 1. The highest BCUT2D eigenvalue weighted by atomic mass is 19.4. The van der Waals surface area contributed by atoms with E-state index < -0.39 is 28.9 Å². The minimum absolute atomic E-state index is 0.309. The first kappa shape index (κ1) is 14.8. The van der Waals surface area contributed by atoms with Crippen molar-refractivity contribution in [2.75, 3.05) is 5.43 Å².